The zero-order valence-corrected chi connectivity index (χ0v) is 54.9. The van der Waals surface area contributed by atoms with Crippen LogP contribution in [0, 0.1) is 0 Å². The van der Waals surface area contributed by atoms with Crippen LogP contribution in [-0.4, -0.2) is 36.4 Å². The van der Waals surface area contributed by atoms with E-state index in [4.69, 9.17) is 9.47 Å². The summed E-state index contributed by atoms with van der Waals surface area (Å²) in [5.41, 5.74) is 0. The first-order chi connectivity index (χ1) is 41.6. The van der Waals surface area contributed by atoms with E-state index in [-0.39, 0.29) is 25.2 Å². The van der Waals surface area contributed by atoms with Crippen LogP contribution in [0.2, 0.25) is 0 Å². The normalized spacial score (nSPS) is 13.1. The van der Waals surface area contributed by atoms with Gasteiger partial charge in [-0.1, -0.05) is 339 Å². The highest BCUT2D eigenvalue weighted by Crippen LogP contribution is 2.17. The molecule has 0 spiro atoms. The third kappa shape index (κ3) is 70.3. The van der Waals surface area contributed by atoms with Crippen molar-refractivity contribution in [1.29, 1.82) is 0 Å². The zero-order chi connectivity index (χ0) is 60.5. The second kappa shape index (κ2) is 73.0. The third-order valence-electron chi connectivity index (χ3n) is 15.1. The summed E-state index contributed by atoms with van der Waals surface area (Å²) < 4.78 is 10.8. The summed E-state index contributed by atoms with van der Waals surface area (Å²) in [5, 5.41) is 9.71. The van der Waals surface area contributed by atoms with Gasteiger partial charge >= 0.3 is 11.9 Å². The number of hydrogen-bond acceptors (Lipinski definition) is 5. The summed E-state index contributed by atoms with van der Waals surface area (Å²) in [6, 6.07) is 0. The van der Waals surface area contributed by atoms with Crippen LogP contribution in [0.3, 0.4) is 0 Å². The minimum Gasteiger partial charge on any atom is -0.462 e. The number of rotatable bonds is 64. The first-order valence-electron chi connectivity index (χ1n) is 35.4. The number of aliphatic hydroxyl groups is 1. The maximum atomic E-state index is 12.4. The van der Waals surface area contributed by atoms with Crippen LogP contribution >= 0.6 is 0 Å². The van der Waals surface area contributed by atoms with E-state index in [1.807, 2.05) is 0 Å². The van der Waals surface area contributed by atoms with E-state index in [2.05, 4.69) is 160 Å². The van der Waals surface area contributed by atoms with Crippen LogP contribution < -0.4 is 0 Å². The van der Waals surface area contributed by atoms with Crippen molar-refractivity contribution in [2.75, 3.05) is 13.2 Å². The van der Waals surface area contributed by atoms with Crippen molar-refractivity contribution in [2.45, 2.75) is 328 Å². The fourth-order valence-corrected chi connectivity index (χ4v) is 9.92. The van der Waals surface area contributed by atoms with Gasteiger partial charge in [0.2, 0.25) is 0 Å². The molecule has 0 fully saturated rings. The van der Waals surface area contributed by atoms with Gasteiger partial charge in [-0.2, -0.15) is 0 Å². The number of hydrogen-bond donors (Lipinski definition) is 1. The molecule has 0 aromatic heterocycles. The highest BCUT2D eigenvalue weighted by atomic mass is 16.6. The molecule has 0 heterocycles. The number of allylic oxidation sites excluding steroid dienone is 24. The molecule has 0 bridgehead atoms. The number of carbonyl (C=O) groups excluding carboxylic acids is 2. The van der Waals surface area contributed by atoms with Crippen molar-refractivity contribution in [1.82, 2.24) is 0 Å². The largest absolute Gasteiger partial charge is 0.462 e. The molecule has 0 saturated carbocycles. The number of ether oxygens (including phenoxy) is 2. The molecule has 0 saturated heterocycles. The van der Waals surface area contributed by atoms with Gasteiger partial charge in [-0.25, -0.2) is 0 Å². The monoisotopic (exact) mass is 1160 g/mol. The third-order valence-corrected chi connectivity index (χ3v) is 15.1. The highest BCUT2D eigenvalue weighted by Gasteiger charge is 2.16. The minimum absolute atomic E-state index is 0.0722. The van der Waals surface area contributed by atoms with E-state index in [1.54, 1.807) is 0 Å². The fraction of sp³-hybridized carbons (Fsp3) is 0.671. The smallest absolute Gasteiger partial charge is 0.306 e. The number of carbonyl (C=O) groups is 2. The molecule has 5 nitrogen and oxygen atoms in total. The number of esters is 2. The van der Waals surface area contributed by atoms with E-state index in [0.29, 0.717) is 12.8 Å². The van der Waals surface area contributed by atoms with Crippen LogP contribution in [-0.2, 0) is 19.1 Å². The lowest BCUT2D eigenvalue weighted by Gasteiger charge is -2.15. The van der Waals surface area contributed by atoms with Crippen molar-refractivity contribution >= 4 is 11.9 Å². The molecule has 5 heteroatoms. The number of unbranched alkanes of at least 4 members (excludes halogenated alkanes) is 32. The zero-order valence-electron chi connectivity index (χ0n) is 54.9. The van der Waals surface area contributed by atoms with Crippen molar-refractivity contribution in [3.63, 3.8) is 0 Å². The van der Waals surface area contributed by atoms with Gasteiger partial charge < -0.3 is 14.6 Å². The summed E-state index contributed by atoms with van der Waals surface area (Å²) in [6.45, 7) is 3.93. The van der Waals surface area contributed by atoms with Crippen LogP contribution in [0.1, 0.15) is 322 Å². The van der Waals surface area contributed by atoms with Gasteiger partial charge in [0.05, 0.1) is 6.61 Å². The maximum Gasteiger partial charge on any atom is 0.306 e. The van der Waals surface area contributed by atoms with Crippen molar-refractivity contribution in [2.24, 2.45) is 0 Å². The molecule has 1 atom stereocenters. The Morgan fingerprint density at radius 2 is 0.476 bits per heavy atom. The van der Waals surface area contributed by atoms with Gasteiger partial charge in [-0.3, -0.25) is 9.59 Å². The SMILES string of the molecule is CC/C=C\C/C=C\C/C=C\C/C=C\C/C=C\C/C=C\C/C=C\CCCCCCCCCCCC(=O)OC(CO)COC(=O)CCCCCCCCCCCCCCCCCCCCCCCCC/C=C\C/C=C\C/C=C\C/C=C\C/C=C\CC. The summed E-state index contributed by atoms with van der Waals surface area (Å²) in [4.78, 5) is 24.7. The van der Waals surface area contributed by atoms with Crippen LogP contribution in [0.25, 0.3) is 0 Å². The molecule has 1 N–H and O–H groups in total. The molecule has 1 unspecified atom stereocenters. The summed E-state index contributed by atoms with van der Waals surface area (Å²) >= 11 is 0. The Balaban J connectivity index is 3.48. The second-order valence-corrected chi connectivity index (χ2v) is 23.2. The minimum atomic E-state index is -0.784. The molecule has 0 amide bonds. The Kier molecular flexibility index (Phi) is 69.4. The molecule has 0 rings (SSSR count). The maximum absolute atomic E-state index is 12.4. The lowest BCUT2D eigenvalue weighted by Crippen LogP contribution is -2.28. The van der Waals surface area contributed by atoms with Gasteiger partial charge in [0.25, 0.3) is 0 Å². The molecular weight excluding hydrogens is 1030 g/mol. The van der Waals surface area contributed by atoms with E-state index >= 15 is 0 Å². The van der Waals surface area contributed by atoms with E-state index in [9.17, 15) is 14.7 Å². The Morgan fingerprint density at radius 3 is 0.714 bits per heavy atom. The van der Waals surface area contributed by atoms with Crippen molar-refractivity contribution in [3.05, 3.63) is 146 Å². The lowest BCUT2D eigenvalue weighted by atomic mass is 10.0. The molecule has 0 aliphatic heterocycles. The average Bonchev–Trinajstić information content (AvgIpc) is 3.51. The van der Waals surface area contributed by atoms with E-state index < -0.39 is 6.10 Å². The van der Waals surface area contributed by atoms with Crippen LogP contribution in [0.15, 0.2) is 146 Å². The van der Waals surface area contributed by atoms with E-state index in [0.717, 1.165) is 122 Å². The molecule has 84 heavy (non-hydrogen) atoms. The lowest BCUT2D eigenvalue weighted by molar-refractivity contribution is -0.161. The molecular formula is C79H132O5. The van der Waals surface area contributed by atoms with Gasteiger partial charge in [-0.15, -0.1) is 0 Å². The standard InChI is InChI=1S/C79H132O5/c1-3-5-7-9-11-13-15-17-19-21-23-25-27-29-31-33-35-36-37-38-39-40-41-42-44-45-47-49-51-53-55-57-59-61-63-65-67-69-71-73-78(81)83-76-77(75-80)84-79(82)74-72-70-68-66-64-62-60-58-56-54-52-50-48-46-43-34-32-30-28-26-24-22-20-18-16-14-12-10-8-6-4-2/h5-8,11-14,17-20,23-26,29-32,43,46,50,52,77,80H,3-4,9-10,15-16,21-22,27-28,33-42,44-45,47-49,51,53-76H2,1-2H3/b7-5-,8-6-,13-11-,14-12-,19-17-,20-18-,25-23-,26-24-,31-29-,32-30-,46-43-,52-50-. The topological polar surface area (TPSA) is 72.8 Å². The molecule has 0 aliphatic carbocycles. The fourth-order valence-electron chi connectivity index (χ4n) is 9.92. The van der Waals surface area contributed by atoms with Gasteiger partial charge in [-0.05, 0) is 116 Å². The summed E-state index contributed by atoms with van der Waals surface area (Å²) in [6.07, 6.45) is 110. The Labute approximate surface area is 520 Å². The Bertz CT molecular complexity index is 1750. The van der Waals surface area contributed by atoms with Gasteiger partial charge in [0.15, 0.2) is 6.10 Å². The average molecular weight is 1160 g/mol. The molecule has 478 valence electrons. The summed E-state index contributed by atoms with van der Waals surface area (Å²) in [5.74, 6) is -0.592. The first-order valence-corrected chi connectivity index (χ1v) is 35.4. The molecule has 0 radical (unpaired) electrons. The highest BCUT2D eigenvalue weighted by molar-refractivity contribution is 5.70. The Morgan fingerprint density at radius 1 is 0.274 bits per heavy atom. The number of aliphatic hydroxyl groups excluding tert-OH is 1. The quantitative estimate of drug-likeness (QED) is 0.0373. The predicted molar refractivity (Wildman–Crippen MR) is 371 cm³/mol. The summed E-state index contributed by atoms with van der Waals surface area (Å²) in [7, 11) is 0. The van der Waals surface area contributed by atoms with Crippen molar-refractivity contribution < 1.29 is 24.2 Å². The Hall–Kier alpha value is -4.22. The molecule has 0 aliphatic rings. The van der Waals surface area contributed by atoms with E-state index in [1.165, 1.54) is 173 Å². The molecule has 0 aromatic rings. The molecule has 0 aromatic carbocycles. The second-order valence-electron chi connectivity index (χ2n) is 23.2. The predicted octanol–water partition coefficient (Wildman–Crippen LogP) is 24.9. The first kappa shape index (κ1) is 79.8. The van der Waals surface area contributed by atoms with Crippen LogP contribution in [0.5, 0.6) is 0 Å². The van der Waals surface area contributed by atoms with Gasteiger partial charge in [0, 0.05) is 12.8 Å². The van der Waals surface area contributed by atoms with Crippen molar-refractivity contribution in [3.8, 4) is 0 Å². The van der Waals surface area contributed by atoms with Crippen LogP contribution in [0.4, 0.5) is 0 Å². The van der Waals surface area contributed by atoms with Gasteiger partial charge in [0.1, 0.15) is 6.61 Å².